The van der Waals surface area contributed by atoms with Crippen molar-refractivity contribution in [1.29, 1.82) is 0 Å². The third-order valence-corrected chi connectivity index (χ3v) is 5.60. The SMILES string of the molecule is CC(C)c1cc(Cl)cc(F)c1-c1c(S(N)(=O)=O)cccc1S(=O)(=O)O. The van der Waals surface area contributed by atoms with E-state index in [1.165, 1.54) is 6.07 Å². The second-order valence-corrected chi connectivity index (χ2v) is 9.01. The van der Waals surface area contributed by atoms with Crippen LogP contribution < -0.4 is 5.14 Å². The molecule has 0 aromatic heterocycles. The molecule has 0 heterocycles. The Morgan fingerprint density at radius 3 is 2.12 bits per heavy atom. The van der Waals surface area contributed by atoms with Crippen molar-refractivity contribution < 1.29 is 25.8 Å². The first-order chi connectivity index (χ1) is 11.3. The molecule has 0 spiro atoms. The van der Waals surface area contributed by atoms with Gasteiger partial charge in [0.2, 0.25) is 10.0 Å². The number of benzene rings is 2. The molecule has 0 aliphatic rings. The second-order valence-electron chi connectivity index (χ2n) is 5.66. The molecule has 25 heavy (non-hydrogen) atoms. The molecular formula is C15H15ClFNO5S2. The Hall–Kier alpha value is -1.52. The van der Waals surface area contributed by atoms with Gasteiger partial charge in [0, 0.05) is 16.1 Å². The van der Waals surface area contributed by atoms with E-state index < -0.39 is 41.3 Å². The van der Waals surface area contributed by atoms with Crippen LogP contribution >= 0.6 is 11.6 Å². The number of nitrogens with two attached hydrogens (primary N) is 1. The molecule has 0 saturated carbocycles. The van der Waals surface area contributed by atoms with Crippen molar-refractivity contribution >= 4 is 31.7 Å². The van der Waals surface area contributed by atoms with Gasteiger partial charge in [-0.25, -0.2) is 17.9 Å². The Morgan fingerprint density at radius 2 is 1.64 bits per heavy atom. The average Bonchev–Trinajstić information content (AvgIpc) is 2.43. The van der Waals surface area contributed by atoms with Gasteiger partial charge in [0.15, 0.2) is 0 Å². The first-order valence-corrected chi connectivity index (χ1v) is 10.3. The molecule has 0 atom stereocenters. The van der Waals surface area contributed by atoms with Crippen LogP contribution in [-0.4, -0.2) is 21.4 Å². The largest absolute Gasteiger partial charge is 0.295 e. The predicted octanol–water partition coefficient (Wildman–Crippen LogP) is 3.16. The summed E-state index contributed by atoms with van der Waals surface area (Å²) in [5, 5.41) is 5.22. The van der Waals surface area contributed by atoms with Crippen molar-refractivity contribution in [2.75, 3.05) is 0 Å². The quantitative estimate of drug-likeness (QED) is 0.755. The van der Waals surface area contributed by atoms with E-state index in [1.54, 1.807) is 13.8 Å². The van der Waals surface area contributed by atoms with Crippen molar-refractivity contribution in [3.05, 3.63) is 46.7 Å². The van der Waals surface area contributed by atoms with Crippen LogP contribution in [0.5, 0.6) is 0 Å². The van der Waals surface area contributed by atoms with Gasteiger partial charge in [-0.2, -0.15) is 8.42 Å². The van der Waals surface area contributed by atoms with Crippen molar-refractivity contribution in [1.82, 2.24) is 0 Å². The highest BCUT2D eigenvalue weighted by Gasteiger charge is 2.29. The van der Waals surface area contributed by atoms with Crippen molar-refractivity contribution in [2.24, 2.45) is 5.14 Å². The van der Waals surface area contributed by atoms with Gasteiger partial charge in [0.05, 0.1) is 4.90 Å². The number of hydrogen-bond acceptors (Lipinski definition) is 4. The van der Waals surface area contributed by atoms with Gasteiger partial charge in [-0.05, 0) is 35.7 Å². The molecule has 0 unspecified atom stereocenters. The Balaban J connectivity index is 3.13. The molecule has 6 nitrogen and oxygen atoms in total. The number of hydrogen-bond donors (Lipinski definition) is 2. The van der Waals surface area contributed by atoms with Crippen LogP contribution in [0, 0.1) is 5.82 Å². The molecule has 0 saturated heterocycles. The van der Waals surface area contributed by atoms with Gasteiger partial charge in [-0.3, -0.25) is 4.55 Å². The molecule has 0 aliphatic carbocycles. The minimum atomic E-state index is -4.85. The number of rotatable bonds is 4. The third kappa shape index (κ3) is 4.01. The lowest BCUT2D eigenvalue weighted by molar-refractivity contribution is 0.483. The van der Waals surface area contributed by atoms with Crippen molar-refractivity contribution in [2.45, 2.75) is 29.6 Å². The third-order valence-electron chi connectivity index (χ3n) is 3.53. The Bertz CT molecular complexity index is 1000. The zero-order valence-corrected chi connectivity index (χ0v) is 15.6. The summed E-state index contributed by atoms with van der Waals surface area (Å²) in [4.78, 5) is -1.38. The molecule has 0 fully saturated rings. The van der Waals surface area contributed by atoms with Crippen LogP contribution in [0.4, 0.5) is 4.39 Å². The monoisotopic (exact) mass is 407 g/mol. The lowest BCUT2D eigenvalue weighted by Crippen LogP contribution is -2.16. The highest BCUT2D eigenvalue weighted by atomic mass is 35.5. The fourth-order valence-corrected chi connectivity index (χ4v) is 4.29. The summed E-state index contributed by atoms with van der Waals surface area (Å²) in [6.45, 7) is 3.39. The smallest absolute Gasteiger partial charge is 0.282 e. The highest BCUT2D eigenvalue weighted by Crippen LogP contribution is 2.40. The molecular weight excluding hydrogens is 393 g/mol. The van der Waals surface area contributed by atoms with Crippen LogP contribution in [0.1, 0.15) is 25.3 Å². The summed E-state index contributed by atoms with van der Waals surface area (Å²) in [5.41, 5.74) is -0.548. The van der Waals surface area contributed by atoms with Gasteiger partial charge < -0.3 is 0 Å². The van der Waals surface area contributed by atoms with E-state index in [-0.39, 0.29) is 22.1 Å². The molecule has 3 N–H and O–H groups in total. The molecule has 0 radical (unpaired) electrons. The Morgan fingerprint density at radius 1 is 1.08 bits per heavy atom. The summed E-state index contributed by atoms with van der Waals surface area (Å²) in [7, 11) is -9.26. The average molecular weight is 408 g/mol. The van der Waals surface area contributed by atoms with Crippen LogP contribution in [0.25, 0.3) is 11.1 Å². The number of primary sulfonamides is 1. The summed E-state index contributed by atoms with van der Waals surface area (Å²) >= 11 is 5.86. The van der Waals surface area contributed by atoms with Crippen LogP contribution in [0.15, 0.2) is 40.1 Å². The van der Waals surface area contributed by atoms with Crippen LogP contribution in [0.2, 0.25) is 5.02 Å². The molecule has 2 rings (SSSR count). The summed E-state index contributed by atoms with van der Waals surface area (Å²) < 4.78 is 71.5. The Labute approximate surface area is 150 Å². The number of halogens is 2. The Kier molecular flexibility index (Phi) is 5.27. The summed E-state index contributed by atoms with van der Waals surface area (Å²) in [5.74, 6) is -1.26. The summed E-state index contributed by atoms with van der Waals surface area (Å²) in [6.07, 6.45) is 0. The first kappa shape index (κ1) is 19.8. The molecule has 0 amide bonds. The molecule has 136 valence electrons. The maximum absolute atomic E-state index is 14.7. The lowest BCUT2D eigenvalue weighted by atomic mass is 9.92. The number of sulfonamides is 1. The fraction of sp³-hybridized carbons (Fsp3) is 0.200. The van der Waals surface area contributed by atoms with E-state index >= 15 is 0 Å². The van der Waals surface area contributed by atoms with E-state index in [0.29, 0.717) is 0 Å². The maximum atomic E-state index is 14.7. The van der Waals surface area contributed by atoms with E-state index in [1.807, 2.05) is 0 Å². The highest BCUT2D eigenvalue weighted by molar-refractivity contribution is 7.89. The lowest BCUT2D eigenvalue weighted by Gasteiger charge is -2.19. The van der Waals surface area contributed by atoms with Crippen molar-refractivity contribution in [3.63, 3.8) is 0 Å². The fourth-order valence-electron chi connectivity index (χ4n) is 2.52. The van der Waals surface area contributed by atoms with Gasteiger partial charge in [-0.1, -0.05) is 31.5 Å². The zero-order valence-electron chi connectivity index (χ0n) is 13.2. The van der Waals surface area contributed by atoms with Crippen LogP contribution in [-0.2, 0) is 20.1 Å². The molecule has 0 aliphatic heterocycles. The van der Waals surface area contributed by atoms with E-state index in [9.17, 15) is 25.8 Å². The minimum Gasteiger partial charge on any atom is -0.282 e. The zero-order chi connectivity index (χ0) is 19.2. The van der Waals surface area contributed by atoms with Gasteiger partial charge in [0.25, 0.3) is 10.1 Å². The van der Waals surface area contributed by atoms with Gasteiger partial charge in [-0.15, -0.1) is 0 Å². The van der Waals surface area contributed by atoms with Gasteiger partial charge in [0.1, 0.15) is 10.7 Å². The molecule has 2 aromatic rings. The van der Waals surface area contributed by atoms with Crippen molar-refractivity contribution in [3.8, 4) is 11.1 Å². The molecule has 2 aromatic carbocycles. The maximum Gasteiger partial charge on any atom is 0.295 e. The predicted molar refractivity (Wildman–Crippen MR) is 92.1 cm³/mol. The summed E-state index contributed by atoms with van der Waals surface area (Å²) in [6, 6.07) is 5.43. The van der Waals surface area contributed by atoms with E-state index in [4.69, 9.17) is 16.7 Å². The van der Waals surface area contributed by atoms with E-state index in [0.717, 1.165) is 24.3 Å². The first-order valence-electron chi connectivity index (χ1n) is 6.96. The minimum absolute atomic E-state index is 0.0615. The molecule has 0 bridgehead atoms. The van der Waals surface area contributed by atoms with E-state index in [2.05, 4.69) is 0 Å². The second kappa shape index (κ2) is 6.65. The topological polar surface area (TPSA) is 115 Å². The molecule has 10 heteroatoms. The normalized spacial score (nSPS) is 12.6. The standard InChI is InChI=1S/C15H15ClFNO5S2/c1-8(2)10-6-9(16)7-11(17)14(10)15-12(24(18,19)20)4-3-5-13(15)25(21,22)23/h3-8H,1-2H3,(H2,18,19,20)(H,21,22,23). The van der Waals surface area contributed by atoms with Gasteiger partial charge >= 0.3 is 0 Å². The van der Waals surface area contributed by atoms with Crippen LogP contribution in [0.3, 0.4) is 0 Å².